The second-order valence-corrected chi connectivity index (χ2v) is 8.30. The van der Waals surface area contributed by atoms with Crippen LogP contribution in [0.25, 0.3) is 22.3 Å². The first kappa shape index (κ1) is 27.3. The van der Waals surface area contributed by atoms with Crippen LogP contribution in [0.5, 0.6) is 34.5 Å². The van der Waals surface area contributed by atoms with Crippen LogP contribution in [0.3, 0.4) is 0 Å². The Hall–Kier alpha value is -3.75. The molecule has 2 aromatic carbocycles. The Bertz CT molecular complexity index is 1370. The lowest BCUT2D eigenvalue weighted by Crippen LogP contribution is -2.60. The highest BCUT2D eigenvalue weighted by Gasteiger charge is 2.45. The molecule has 0 unspecified atom stereocenters. The molecule has 1 fully saturated rings. The number of methoxy groups -OCH3 is 4. The monoisotopic (exact) mass is 536 g/mol. The second kappa shape index (κ2) is 10.9. The lowest BCUT2D eigenvalue weighted by Gasteiger charge is -2.39. The van der Waals surface area contributed by atoms with E-state index >= 15 is 0 Å². The molecule has 1 aliphatic heterocycles. The van der Waals surface area contributed by atoms with Crippen LogP contribution in [0.1, 0.15) is 0 Å². The van der Waals surface area contributed by atoms with E-state index in [0.29, 0.717) is 5.75 Å². The van der Waals surface area contributed by atoms with Crippen LogP contribution in [-0.4, -0.2) is 91.3 Å². The zero-order valence-corrected chi connectivity index (χ0v) is 20.9. The van der Waals surface area contributed by atoms with Crippen molar-refractivity contribution in [3.05, 3.63) is 34.5 Å². The molecular formula is C25H28O13. The van der Waals surface area contributed by atoms with Crippen LogP contribution in [0.15, 0.2) is 33.5 Å². The molecule has 1 saturated heterocycles. The van der Waals surface area contributed by atoms with E-state index < -0.39 is 54.2 Å². The van der Waals surface area contributed by atoms with Crippen molar-refractivity contribution in [2.75, 3.05) is 35.0 Å². The molecule has 0 spiro atoms. The minimum atomic E-state index is -1.83. The number of fused-ring (bicyclic) bond motifs is 1. The molecule has 4 rings (SSSR count). The van der Waals surface area contributed by atoms with Crippen LogP contribution in [0.4, 0.5) is 0 Å². The van der Waals surface area contributed by atoms with Gasteiger partial charge in [0.25, 0.3) is 0 Å². The van der Waals surface area contributed by atoms with Crippen molar-refractivity contribution in [3.8, 4) is 45.8 Å². The normalized spacial score (nSPS) is 23.2. The predicted octanol–water partition coefficient (Wildman–Crippen LogP) is 0.379. The number of aliphatic hydroxyl groups excluding tert-OH is 4. The molecule has 0 bridgehead atoms. The summed E-state index contributed by atoms with van der Waals surface area (Å²) >= 11 is 0. The van der Waals surface area contributed by atoms with Gasteiger partial charge in [0.05, 0.1) is 40.6 Å². The number of aromatic hydroxyl groups is 1. The van der Waals surface area contributed by atoms with Gasteiger partial charge in [-0.05, 0) is 18.2 Å². The molecule has 5 N–H and O–H groups in total. The van der Waals surface area contributed by atoms with E-state index in [1.165, 1.54) is 40.6 Å². The summed E-state index contributed by atoms with van der Waals surface area (Å²) < 4.78 is 38.4. The van der Waals surface area contributed by atoms with Gasteiger partial charge in [-0.1, -0.05) is 0 Å². The maximum Gasteiger partial charge on any atom is 0.239 e. The molecular weight excluding hydrogens is 508 g/mol. The Morgan fingerprint density at radius 3 is 2.18 bits per heavy atom. The number of benzene rings is 2. The van der Waals surface area contributed by atoms with E-state index in [-0.39, 0.29) is 39.5 Å². The van der Waals surface area contributed by atoms with Gasteiger partial charge in [0.2, 0.25) is 23.2 Å². The molecule has 2 heterocycles. The fourth-order valence-electron chi connectivity index (χ4n) is 4.18. The van der Waals surface area contributed by atoms with Gasteiger partial charge in [-0.2, -0.15) is 0 Å². The zero-order valence-electron chi connectivity index (χ0n) is 20.9. The summed E-state index contributed by atoms with van der Waals surface area (Å²) in [4.78, 5) is 13.8. The molecule has 13 heteroatoms. The summed E-state index contributed by atoms with van der Waals surface area (Å²) in [6, 6.07) is 6.01. The molecule has 1 aromatic heterocycles. The Morgan fingerprint density at radius 2 is 1.58 bits per heavy atom. The summed E-state index contributed by atoms with van der Waals surface area (Å²) in [6.07, 6.45) is -8.29. The number of ether oxygens (including phenoxy) is 6. The quantitative estimate of drug-likeness (QED) is 0.266. The summed E-state index contributed by atoms with van der Waals surface area (Å²) in [5, 5.41) is 50.9. The van der Waals surface area contributed by atoms with Gasteiger partial charge in [-0.3, -0.25) is 4.79 Å². The van der Waals surface area contributed by atoms with Crippen LogP contribution in [0, 0.1) is 0 Å². The number of phenolic OH excluding ortho intramolecular Hbond substituents is 1. The van der Waals surface area contributed by atoms with E-state index in [1.54, 1.807) is 12.1 Å². The Labute approximate surface area is 215 Å². The van der Waals surface area contributed by atoms with Crippen molar-refractivity contribution in [1.29, 1.82) is 0 Å². The first-order valence-electron chi connectivity index (χ1n) is 11.3. The van der Waals surface area contributed by atoms with Gasteiger partial charge in [-0.15, -0.1) is 0 Å². The van der Waals surface area contributed by atoms with Crippen molar-refractivity contribution in [1.82, 2.24) is 0 Å². The SMILES string of the molecule is COc1ccc(OC)c(-c2oc3cc(OC)c(OC)c(O)c3c(=O)c2O[C@@H]2O[C@H](CO)[C@@H](O)[C@H](O)[C@H]2O)c1. The van der Waals surface area contributed by atoms with Gasteiger partial charge >= 0.3 is 0 Å². The topological polar surface area (TPSA) is 187 Å². The van der Waals surface area contributed by atoms with Crippen molar-refractivity contribution in [2.45, 2.75) is 30.7 Å². The third-order valence-corrected chi connectivity index (χ3v) is 6.19. The van der Waals surface area contributed by atoms with Crippen LogP contribution < -0.4 is 29.1 Å². The number of hydrogen-bond donors (Lipinski definition) is 5. The summed E-state index contributed by atoms with van der Waals surface area (Å²) in [6.45, 7) is -0.717. The van der Waals surface area contributed by atoms with Crippen LogP contribution in [-0.2, 0) is 4.74 Å². The first-order valence-corrected chi connectivity index (χ1v) is 11.3. The first-order chi connectivity index (χ1) is 18.2. The van der Waals surface area contributed by atoms with Crippen molar-refractivity contribution in [3.63, 3.8) is 0 Å². The van der Waals surface area contributed by atoms with E-state index in [1.807, 2.05) is 0 Å². The minimum Gasteiger partial charge on any atom is -0.504 e. The minimum absolute atomic E-state index is 0.0757. The van der Waals surface area contributed by atoms with Gasteiger partial charge < -0.3 is 58.4 Å². The van der Waals surface area contributed by atoms with Crippen molar-refractivity contribution in [2.24, 2.45) is 0 Å². The second-order valence-electron chi connectivity index (χ2n) is 8.30. The largest absolute Gasteiger partial charge is 0.504 e. The molecule has 38 heavy (non-hydrogen) atoms. The lowest BCUT2D eigenvalue weighted by molar-refractivity contribution is -0.277. The lowest BCUT2D eigenvalue weighted by atomic mass is 9.99. The molecule has 3 aromatic rings. The Kier molecular flexibility index (Phi) is 7.85. The molecule has 0 amide bonds. The van der Waals surface area contributed by atoms with Crippen LogP contribution >= 0.6 is 0 Å². The number of hydrogen-bond acceptors (Lipinski definition) is 13. The maximum absolute atomic E-state index is 13.8. The van der Waals surface area contributed by atoms with E-state index in [2.05, 4.69) is 0 Å². The van der Waals surface area contributed by atoms with Gasteiger partial charge in [-0.25, -0.2) is 0 Å². The Morgan fingerprint density at radius 1 is 0.868 bits per heavy atom. The molecule has 0 radical (unpaired) electrons. The predicted molar refractivity (Wildman–Crippen MR) is 130 cm³/mol. The molecule has 13 nitrogen and oxygen atoms in total. The van der Waals surface area contributed by atoms with E-state index in [0.717, 1.165) is 0 Å². The highest BCUT2D eigenvalue weighted by Crippen LogP contribution is 2.45. The standard InChI is InChI=1S/C25H28O13/c1-32-10-5-6-12(33-2)11(7-10)22-24(38-25-21(31)20(30)17(27)15(9-26)37-25)19(29)16-13(36-22)8-14(34-3)23(35-4)18(16)28/h5-8,15,17,20-21,25-28,30-31H,9H2,1-4H3/t15-,17-,20+,21-,25+/m1/s1. The van der Waals surface area contributed by atoms with Gasteiger partial charge in [0.1, 0.15) is 46.9 Å². The summed E-state index contributed by atoms with van der Waals surface area (Å²) in [5.74, 6) is -0.796. The Balaban J connectivity index is 2.01. The number of aliphatic hydroxyl groups is 4. The third-order valence-electron chi connectivity index (χ3n) is 6.19. The smallest absolute Gasteiger partial charge is 0.239 e. The summed E-state index contributed by atoms with van der Waals surface area (Å²) in [5.41, 5.74) is -0.813. The number of phenols is 1. The van der Waals surface area contributed by atoms with E-state index in [9.17, 15) is 30.3 Å². The molecule has 1 aliphatic rings. The van der Waals surface area contributed by atoms with Gasteiger partial charge in [0.15, 0.2) is 17.3 Å². The van der Waals surface area contributed by atoms with E-state index in [4.69, 9.17) is 32.8 Å². The average Bonchev–Trinajstić information content (AvgIpc) is 2.93. The number of rotatable bonds is 8. The molecule has 0 aliphatic carbocycles. The molecule has 0 saturated carbocycles. The zero-order chi connectivity index (χ0) is 27.7. The van der Waals surface area contributed by atoms with Gasteiger partial charge in [0, 0.05) is 6.07 Å². The average molecular weight is 536 g/mol. The third kappa shape index (κ3) is 4.54. The molecule has 206 valence electrons. The fourth-order valence-corrected chi connectivity index (χ4v) is 4.18. The van der Waals surface area contributed by atoms with Crippen molar-refractivity contribution >= 4 is 11.0 Å². The van der Waals surface area contributed by atoms with Crippen LogP contribution in [0.2, 0.25) is 0 Å². The maximum atomic E-state index is 13.8. The van der Waals surface area contributed by atoms with Crippen molar-refractivity contribution < 1.29 is 58.4 Å². The fraction of sp³-hybridized carbons (Fsp3) is 0.400. The summed E-state index contributed by atoms with van der Waals surface area (Å²) in [7, 11) is 5.43. The highest BCUT2D eigenvalue weighted by atomic mass is 16.7. The molecule has 5 atom stereocenters. The highest BCUT2D eigenvalue weighted by molar-refractivity contribution is 5.92.